The van der Waals surface area contributed by atoms with Gasteiger partial charge in [-0.3, -0.25) is 0 Å². The van der Waals surface area contributed by atoms with Crippen molar-refractivity contribution < 1.29 is 4.39 Å². The Morgan fingerprint density at radius 1 is 1.32 bits per heavy atom. The molecule has 0 radical (unpaired) electrons. The van der Waals surface area contributed by atoms with Gasteiger partial charge in [-0.1, -0.05) is 15.9 Å². The van der Waals surface area contributed by atoms with Crippen molar-refractivity contribution in [2.75, 3.05) is 13.1 Å². The normalized spacial score (nSPS) is 27.5. The lowest BCUT2D eigenvalue weighted by Gasteiger charge is -2.35. The second-order valence-corrected chi connectivity index (χ2v) is 6.59. The van der Waals surface area contributed by atoms with E-state index >= 15 is 0 Å². The van der Waals surface area contributed by atoms with Crippen LogP contribution in [0.4, 0.5) is 4.39 Å². The van der Waals surface area contributed by atoms with Crippen molar-refractivity contribution in [3.63, 3.8) is 0 Å². The van der Waals surface area contributed by atoms with Crippen molar-refractivity contribution >= 4 is 15.9 Å². The van der Waals surface area contributed by atoms with Crippen LogP contribution in [0.15, 0.2) is 22.7 Å². The van der Waals surface area contributed by atoms with Crippen LogP contribution < -0.4 is 5.32 Å². The Labute approximate surface area is 122 Å². The average Bonchev–Trinajstić information content (AvgIpc) is 2.87. The van der Waals surface area contributed by atoms with Crippen LogP contribution in [-0.4, -0.2) is 30.1 Å². The maximum absolute atomic E-state index is 13.7. The van der Waals surface area contributed by atoms with E-state index in [9.17, 15) is 4.39 Å². The summed E-state index contributed by atoms with van der Waals surface area (Å²) < 4.78 is 14.6. The molecule has 1 aromatic carbocycles. The predicted octanol–water partition coefficient (Wildman–Crippen LogP) is 3.30. The summed E-state index contributed by atoms with van der Waals surface area (Å²) in [6, 6.07) is 6.44. The Balaban J connectivity index is 1.56. The van der Waals surface area contributed by atoms with E-state index in [0.717, 1.165) is 16.1 Å². The van der Waals surface area contributed by atoms with Gasteiger partial charge in [-0.25, -0.2) is 4.39 Å². The number of nitrogens with zero attached hydrogens (tertiary/aromatic N) is 1. The van der Waals surface area contributed by atoms with Crippen LogP contribution in [0.5, 0.6) is 0 Å². The Kier molecular flexibility index (Phi) is 4.20. The number of hydrogen-bond donors (Lipinski definition) is 1. The Morgan fingerprint density at radius 2 is 2.21 bits per heavy atom. The molecule has 2 aliphatic heterocycles. The molecule has 3 rings (SSSR count). The fourth-order valence-corrected chi connectivity index (χ4v) is 3.75. The topological polar surface area (TPSA) is 15.3 Å². The monoisotopic (exact) mass is 326 g/mol. The zero-order valence-electron chi connectivity index (χ0n) is 11.0. The molecule has 1 N–H and O–H groups in total. The molecule has 0 aliphatic carbocycles. The van der Waals surface area contributed by atoms with Crippen LogP contribution in [0, 0.1) is 5.82 Å². The van der Waals surface area contributed by atoms with Crippen LogP contribution in [0.2, 0.25) is 0 Å². The Bertz CT molecular complexity index is 452. The summed E-state index contributed by atoms with van der Waals surface area (Å²) in [5.74, 6) is -0.117. The lowest BCUT2D eigenvalue weighted by molar-refractivity contribution is 0.166. The Morgan fingerprint density at radius 3 is 3.11 bits per heavy atom. The maximum atomic E-state index is 13.7. The summed E-state index contributed by atoms with van der Waals surface area (Å²) in [5.41, 5.74) is 0.753. The van der Waals surface area contributed by atoms with Crippen LogP contribution in [0.3, 0.4) is 0 Å². The second kappa shape index (κ2) is 5.90. The fraction of sp³-hybridized carbons (Fsp3) is 0.600. The lowest BCUT2D eigenvalue weighted by atomic mass is 9.97. The van der Waals surface area contributed by atoms with E-state index in [2.05, 4.69) is 26.1 Å². The molecule has 0 saturated carbocycles. The number of hydrogen-bond acceptors (Lipinski definition) is 2. The van der Waals surface area contributed by atoms with E-state index in [-0.39, 0.29) is 5.82 Å². The molecular weight excluding hydrogens is 307 g/mol. The summed E-state index contributed by atoms with van der Waals surface area (Å²) >= 11 is 3.40. The standard InChI is InChI=1S/C15H20BrFN2/c16-12-3-4-15(17)11(8-12)10-18-13-5-7-19-6-1-2-14(19)9-13/h3-4,8,13-14,18H,1-2,5-7,9-10H2. The molecule has 2 fully saturated rings. The first-order valence-corrected chi connectivity index (χ1v) is 7.93. The minimum atomic E-state index is -0.117. The van der Waals surface area contributed by atoms with Gasteiger partial charge in [0.15, 0.2) is 0 Å². The third kappa shape index (κ3) is 3.18. The summed E-state index contributed by atoms with van der Waals surface area (Å²) in [6.07, 6.45) is 5.09. The van der Waals surface area contributed by atoms with Crippen LogP contribution in [0.1, 0.15) is 31.2 Å². The third-order valence-electron chi connectivity index (χ3n) is 4.41. The van der Waals surface area contributed by atoms with Crippen LogP contribution in [0.25, 0.3) is 0 Å². The van der Waals surface area contributed by atoms with Crippen molar-refractivity contribution in [3.05, 3.63) is 34.1 Å². The molecule has 2 unspecified atom stereocenters. The highest BCUT2D eigenvalue weighted by molar-refractivity contribution is 9.10. The number of rotatable bonds is 3. The number of benzene rings is 1. The summed E-state index contributed by atoms with van der Waals surface area (Å²) in [7, 11) is 0. The first-order valence-electron chi connectivity index (χ1n) is 7.14. The van der Waals surface area contributed by atoms with Gasteiger partial charge in [0.1, 0.15) is 5.82 Å². The quantitative estimate of drug-likeness (QED) is 0.916. The molecule has 2 heterocycles. The first-order chi connectivity index (χ1) is 9.22. The molecule has 19 heavy (non-hydrogen) atoms. The van der Waals surface area contributed by atoms with Gasteiger partial charge in [-0.15, -0.1) is 0 Å². The summed E-state index contributed by atoms with van der Waals surface area (Å²) in [6.45, 7) is 3.10. The third-order valence-corrected chi connectivity index (χ3v) is 4.90. The zero-order valence-corrected chi connectivity index (χ0v) is 12.6. The van der Waals surface area contributed by atoms with Gasteiger partial charge in [0.2, 0.25) is 0 Å². The van der Waals surface area contributed by atoms with Gasteiger partial charge in [0, 0.05) is 28.7 Å². The van der Waals surface area contributed by atoms with Gasteiger partial charge >= 0.3 is 0 Å². The van der Waals surface area contributed by atoms with Crippen molar-refractivity contribution in [2.24, 2.45) is 0 Å². The number of halogens is 2. The molecule has 0 amide bonds. The molecule has 0 aromatic heterocycles. The SMILES string of the molecule is Fc1ccc(Br)cc1CNC1CCN2CCCC2C1. The first kappa shape index (κ1) is 13.5. The van der Waals surface area contributed by atoms with Crippen LogP contribution >= 0.6 is 15.9 Å². The highest BCUT2D eigenvalue weighted by atomic mass is 79.9. The lowest BCUT2D eigenvalue weighted by Crippen LogP contribution is -2.45. The van der Waals surface area contributed by atoms with E-state index in [1.54, 1.807) is 6.07 Å². The second-order valence-electron chi connectivity index (χ2n) is 5.67. The van der Waals surface area contributed by atoms with Crippen LogP contribution in [-0.2, 0) is 6.54 Å². The molecule has 4 heteroatoms. The zero-order chi connectivity index (χ0) is 13.2. The number of piperidine rings is 1. The number of fused-ring (bicyclic) bond motifs is 1. The van der Waals surface area contributed by atoms with Gasteiger partial charge in [-0.2, -0.15) is 0 Å². The summed E-state index contributed by atoms with van der Waals surface area (Å²) in [4.78, 5) is 2.61. The number of nitrogens with one attached hydrogen (secondary N) is 1. The van der Waals surface area contributed by atoms with Crippen molar-refractivity contribution in [2.45, 2.75) is 44.3 Å². The predicted molar refractivity (Wildman–Crippen MR) is 78.6 cm³/mol. The van der Waals surface area contributed by atoms with E-state index in [0.29, 0.717) is 12.6 Å². The molecule has 2 saturated heterocycles. The van der Waals surface area contributed by atoms with Gasteiger partial charge in [0.25, 0.3) is 0 Å². The van der Waals surface area contributed by atoms with E-state index < -0.39 is 0 Å². The van der Waals surface area contributed by atoms with Crippen molar-refractivity contribution in [3.8, 4) is 0 Å². The maximum Gasteiger partial charge on any atom is 0.127 e. The smallest absolute Gasteiger partial charge is 0.127 e. The Hall–Kier alpha value is -0.450. The van der Waals surface area contributed by atoms with Gasteiger partial charge in [-0.05, 0) is 57.0 Å². The van der Waals surface area contributed by atoms with Crippen molar-refractivity contribution in [1.29, 1.82) is 0 Å². The van der Waals surface area contributed by atoms with E-state index in [4.69, 9.17) is 0 Å². The highest BCUT2D eigenvalue weighted by Crippen LogP contribution is 2.27. The molecule has 104 valence electrons. The highest BCUT2D eigenvalue weighted by Gasteiger charge is 2.31. The van der Waals surface area contributed by atoms with E-state index in [1.165, 1.54) is 44.8 Å². The molecule has 1 aromatic rings. The van der Waals surface area contributed by atoms with E-state index in [1.807, 2.05) is 6.07 Å². The molecule has 2 aliphatic rings. The molecule has 0 bridgehead atoms. The van der Waals surface area contributed by atoms with Gasteiger partial charge in [0.05, 0.1) is 0 Å². The molecule has 0 spiro atoms. The van der Waals surface area contributed by atoms with Gasteiger partial charge < -0.3 is 10.2 Å². The molecule has 2 atom stereocenters. The minimum absolute atomic E-state index is 0.117. The average molecular weight is 327 g/mol. The molecule has 2 nitrogen and oxygen atoms in total. The minimum Gasteiger partial charge on any atom is -0.310 e. The largest absolute Gasteiger partial charge is 0.310 e. The fourth-order valence-electron chi connectivity index (χ4n) is 3.34. The molecular formula is C15H20BrFN2. The summed E-state index contributed by atoms with van der Waals surface area (Å²) in [5, 5.41) is 3.53. The van der Waals surface area contributed by atoms with Crippen molar-refractivity contribution in [1.82, 2.24) is 10.2 Å².